The molecule has 0 radical (unpaired) electrons. The van der Waals surface area contributed by atoms with Gasteiger partial charge in [0, 0.05) is 5.57 Å². The maximum Gasteiger partial charge on any atom is 0.332 e. The van der Waals surface area contributed by atoms with Crippen LogP contribution in [0.4, 0.5) is 0 Å². The fraction of sp³-hybridized carbons (Fsp3) is 0.421. The number of carboxylic acid groups (broad SMARTS) is 2. The highest BCUT2D eigenvalue weighted by Gasteiger charge is 2.31. The van der Waals surface area contributed by atoms with Crippen molar-refractivity contribution in [1.29, 1.82) is 0 Å². The first-order chi connectivity index (χ1) is 12.0. The highest BCUT2D eigenvalue weighted by atomic mass is 16.5. The molecule has 1 aliphatic carbocycles. The second kappa shape index (κ2) is 9.01. The molecular weight excluding hydrogens is 324 g/mol. The summed E-state index contributed by atoms with van der Waals surface area (Å²) >= 11 is 0. The van der Waals surface area contributed by atoms with Crippen molar-refractivity contribution >= 4 is 17.9 Å². The molecule has 0 aliphatic heterocycles. The molecule has 25 heavy (non-hydrogen) atoms. The molecule has 0 saturated heterocycles. The van der Waals surface area contributed by atoms with Crippen molar-refractivity contribution < 1.29 is 29.3 Å². The van der Waals surface area contributed by atoms with Crippen molar-refractivity contribution in [3.63, 3.8) is 0 Å². The van der Waals surface area contributed by atoms with Crippen LogP contribution in [0.15, 0.2) is 42.0 Å². The average molecular weight is 346 g/mol. The zero-order valence-corrected chi connectivity index (χ0v) is 13.9. The third-order valence-electron chi connectivity index (χ3n) is 4.35. The van der Waals surface area contributed by atoms with E-state index in [0.29, 0.717) is 0 Å². The number of hydrogen-bond donors (Lipinski definition) is 2. The quantitative estimate of drug-likeness (QED) is 0.554. The number of aliphatic carboxylic acids is 2. The second-order valence-electron chi connectivity index (χ2n) is 6.21. The molecule has 1 aliphatic rings. The summed E-state index contributed by atoms with van der Waals surface area (Å²) in [6.07, 6.45) is 4.73. The first kappa shape index (κ1) is 18.7. The van der Waals surface area contributed by atoms with Crippen molar-refractivity contribution in [3.05, 3.63) is 47.5 Å². The van der Waals surface area contributed by atoms with Crippen LogP contribution in [0.1, 0.15) is 37.7 Å². The van der Waals surface area contributed by atoms with Crippen LogP contribution in [0.3, 0.4) is 0 Å². The minimum Gasteiger partial charge on any atom is -0.481 e. The van der Waals surface area contributed by atoms with Crippen LogP contribution in [0.25, 0.3) is 0 Å². The largest absolute Gasteiger partial charge is 0.481 e. The van der Waals surface area contributed by atoms with Crippen molar-refractivity contribution in [3.8, 4) is 0 Å². The number of carbonyl (C=O) groups excluding carboxylic acids is 1. The lowest BCUT2D eigenvalue weighted by molar-refractivity contribution is -0.152. The molecule has 6 nitrogen and oxygen atoms in total. The van der Waals surface area contributed by atoms with Crippen LogP contribution in [0.2, 0.25) is 0 Å². The van der Waals surface area contributed by atoms with Gasteiger partial charge in [-0.15, -0.1) is 0 Å². The highest BCUT2D eigenvalue weighted by Crippen LogP contribution is 2.29. The Hall–Kier alpha value is -2.63. The zero-order valence-electron chi connectivity index (χ0n) is 13.9. The first-order valence-electron chi connectivity index (χ1n) is 8.34. The van der Waals surface area contributed by atoms with E-state index >= 15 is 0 Å². The number of esters is 1. The Kier molecular flexibility index (Phi) is 6.74. The molecule has 0 bridgehead atoms. The third kappa shape index (κ3) is 5.74. The Morgan fingerprint density at radius 2 is 1.76 bits per heavy atom. The molecule has 134 valence electrons. The van der Waals surface area contributed by atoms with Gasteiger partial charge in [0.2, 0.25) is 0 Å². The Bertz CT molecular complexity index is 643. The molecule has 1 atom stereocenters. The Morgan fingerprint density at radius 3 is 2.32 bits per heavy atom. The van der Waals surface area contributed by atoms with E-state index in [1.54, 1.807) is 24.3 Å². The van der Waals surface area contributed by atoms with Crippen LogP contribution in [0, 0.1) is 11.8 Å². The summed E-state index contributed by atoms with van der Waals surface area (Å²) in [7, 11) is 0. The Morgan fingerprint density at radius 1 is 1.12 bits per heavy atom. The van der Waals surface area contributed by atoms with E-state index in [1.807, 2.05) is 6.07 Å². The molecule has 0 spiro atoms. The maximum absolute atomic E-state index is 12.0. The highest BCUT2D eigenvalue weighted by molar-refractivity contribution is 5.95. The second-order valence-corrected chi connectivity index (χ2v) is 6.21. The fourth-order valence-corrected chi connectivity index (χ4v) is 3.01. The standard InChI is InChI=1S/C19H22O6/c20-17(25-12-14-8-2-1-3-9-14)11-16(19(23)24)15(18(21)22)10-13-6-4-5-7-13/h1-3,8-10,13,16H,4-7,11-12H2,(H,21,22)(H,23,24). The van der Waals surface area contributed by atoms with Crippen LogP contribution in [-0.2, 0) is 25.7 Å². The van der Waals surface area contributed by atoms with Gasteiger partial charge in [0.15, 0.2) is 0 Å². The van der Waals surface area contributed by atoms with Gasteiger partial charge in [-0.25, -0.2) is 4.79 Å². The van der Waals surface area contributed by atoms with Gasteiger partial charge in [0.1, 0.15) is 6.61 Å². The third-order valence-corrected chi connectivity index (χ3v) is 4.35. The number of benzene rings is 1. The molecule has 1 saturated carbocycles. The Labute approximate surface area is 146 Å². The van der Waals surface area contributed by atoms with Gasteiger partial charge in [-0.2, -0.15) is 0 Å². The van der Waals surface area contributed by atoms with E-state index in [-0.39, 0.29) is 18.1 Å². The summed E-state index contributed by atoms with van der Waals surface area (Å²) in [6.45, 7) is 0.0285. The number of rotatable bonds is 8. The smallest absolute Gasteiger partial charge is 0.332 e. The van der Waals surface area contributed by atoms with Crippen molar-refractivity contribution in [2.45, 2.75) is 38.7 Å². The summed E-state index contributed by atoms with van der Waals surface area (Å²) in [6, 6.07) is 9.00. The zero-order chi connectivity index (χ0) is 18.2. The van der Waals surface area contributed by atoms with Gasteiger partial charge in [-0.1, -0.05) is 49.2 Å². The molecule has 0 amide bonds. The molecule has 1 aromatic rings. The van der Waals surface area contributed by atoms with E-state index in [4.69, 9.17) is 4.74 Å². The number of ether oxygens (including phenoxy) is 1. The number of hydrogen-bond acceptors (Lipinski definition) is 4. The van der Waals surface area contributed by atoms with Crippen LogP contribution < -0.4 is 0 Å². The van der Waals surface area contributed by atoms with Crippen molar-refractivity contribution in [1.82, 2.24) is 0 Å². The van der Waals surface area contributed by atoms with Crippen LogP contribution in [-0.4, -0.2) is 28.1 Å². The monoisotopic (exact) mass is 346 g/mol. The minimum absolute atomic E-state index is 0.0285. The normalized spacial score (nSPS) is 16.4. The molecule has 1 unspecified atom stereocenters. The van der Waals surface area contributed by atoms with Gasteiger partial charge >= 0.3 is 17.9 Å². The summed E-state index contributed by atoms with van der Waals surface area (Å²) in [5, 5.41) is 18.8. The SMILES string of the molecule is O=C(CC(C(=O)O)C(=CC1CCCC1)C(=O)O)OCc1ccccc1. The minimum atomic E-state index is -1.40. The van der Waals surface area contributed by atoms with Crippen LogP contribution in [0.5, 0.6) is 0 Å². The van der Waals surface area contributed by atoms with Gasteiger partial charge in [-0.3, -0.25) is 9.59 Å². The van der Waals surface area contributed by atoms with Gasteiger partial charge < -0.3 is 14.9 Å². The number of carbonyl (C=O) groups is 3. The number of carboxylic acids is 2. The van der Waals surface area contributed by atoms with Crippen LogP contribution >= 0.6 is 0 Å². The average Bonchev–Trinajstić information content (AvgIpc) is 3.10. The van der Waals surface area contributed by atoms with Crippen molar-refractivity contribution in [2.24, 2.45) is 11.8 Å². The molecule has 1 aromatic carbocycles. The predicted octanol–water partition coefficient (Wildman–Crippen LogP) is 3.02. The van der Waals surface area contributed by atoms with Gasteiger partial charge in [0.05, 0.1) is 12.3 Å². The lowest BCUT2D eigenvalue weighted by Crippen LogP contribution is -2.25. The van der Waals surface area contributed by atoms with Crippen molar-refractivity contribution in [2.75, 3.05) is 0 Å². The van der Waals surface area contributed by atoms with Gasteiger partial charge in [-0.05, 0) is 24.3 Å². The number of allylic oxidation sites excluding steroid dienone is 1. The molecule has 2 rings (SSSR count). The molecular formula is C19H22O6. The van der Waals surface area contributed by atoms with E-state index < -0.39 is 30.2 Å². The topological polar surface area (TPSA) is 101 Å². The van der Waals surface area contributed by atoms with Gasteiger partial charge in [0.25, 0.3) is 0 Å². The molecule has 2 N–H and O–H groups in total. The molecule has 0 aromatic heterocycles. The first-order valence-corrected chi connectivity index (χ1v) is 8.34. The molecule has 1 fully saturated rings. The predicted molar refractivity (Wildman–Crippen MR) is 89.7 cm³/mol. The molecule has 6 heteroatoms. The maximum atomic E-state index is 12.0. The molecule has 0 heterocycles. The van der Waals surface area contributed by atoms with E-state index in [2.05, 4.69) is 0 Å². The van der Waals surface area contributed by atoms with E-state index in [1.165, 1.54) is 6.08 Å². The lowest BCUT2D eigenvalue weighted by Gasteiger charge is -2.15. The van der Waals surface area contributed by atoms with E-state index in [9.17, 15) is 24.6 Å². The summed E-state index contributed by atoms with van der Waals surface area (Å²) in [4.78, 5) is 35.0. The fourth-order valence-electron chi connectivity index (χ4n) is 3.01. The Balaban J connectivity index is 2.03. The van der Waals surface area contributed by atoms with E-state index in [0.717, 1.165) is 31.2 Å². The summed E-state index contributed by atoms with van der Waals surface area (Å²) < 4.78 is 5.09. The summed E-state index contributed by atoms with van der Waals surface area (Å²) in [5.41, 5.74) is 0.554. The summed E-state index contributed by atoms with van der Waals surface area (Å²) in [5.74, 6) is -4.69. The lowest BCUT2D eigenvalue weighted by atomic mass is 9.91.